The molecular weight excluding hydrogens is 180 g/mol. The SMILES string of the molecule is CCn1c(=O)n(CO)c2ccccc21. The normalized spacial score (nSPS) is 11.0. The van der Waals surface area contributed by atoms with Crippen LogP contribution in [0.15, 0.2) is 29.1 Å². The molecule has 0 bridgehead atoms. The summed E-state index contributed by atoms with van der Waals surface area (Å²) < 4.78 is 3.00. The maximum absolute atomic E-state index is 11.7. The van der Waals surface area contributed by atoms with Crippen molar-refractivity contribution in [3.63, 3.8) is 0 Å². The third-order valence-electron chi connectivity index (χ3n) is 2.38. The molecule has 14 heavy (non-hydrogen) atoms. The van der Waals surface area contributed by atoms with Gasteiger partial charge in [-0.2, -0.15) is 0 Å². The fraction of sp³-hybridized carbons (Fsp3) is 0.300. The molecule has 0 saturated carbocycles. The van der Waals surface area contributed by atoms with Crippen molar-refractivity contribution in [3.8, 4) is 0 Å². The molecular formula is C10H12N2O2. The van der Waals surface area contributed by atoms with E-state index in [2.05, 4.69) is 0 Å². The number of aryl methyl sites for hydroxylation is 1. The number of hydrogen-bond acceptors (Lipinski definition) is 2. The van der Waals surface area contributed by atoms with E-state index < -0.39 is 0 Å². The van der Waals surface area contributed by atoms with Crippen LogP contribution in [0.2, 0.25) is 0 Å². The van der Waals surface area contributed by atoms with Gasteiger partial charge in [-0.15, -0.1) is 0 Å². The lowest BCUT2D eigenvalue weighted by Gasteiger charge is -1.95. The summed E-state index contributed by atoms with van der Waals surface area (Å²) in [5.74, 6) is 0. The highest BCUT2D eigenvalue weighted by molar-refractivity contribution is 5.75. The molecule has 0 aliphatic heterocycles. The zero-order chi connectivity index (χ0) is 10.1. The van der Waals surface area contributed by atoms with Crippen LogP contribution in [0.5, 0.6) is 0 Å². The van der Waals surface area contributed by atoms with Gasteiger partial charge < -0.3 is 5.11 Å². The number of hydrogen-bond donors (Lipinski definition) is 1. The molecule has 2 rings (SSSR count). The van der Waals surface area contributed by atoms with Crippen molar-refractivity contribution in [2.24, 2.45) is 0 Å². The van der Waals surface area contributed by atoms with E-state index in [1.54, 1.807) is 4.57 Å². The van der Waals surface area contributed by atoms with Crippen molar-refractivity contribution in [1.29, 1.82) is 0 Å². The van der Waals surface area contributed by atoms with Gasteiger partial charge in [0.2, 0.25) is 0 Å². The molecule has 0 amide bonds. The standard InChI is InChI=1S/C10H12N2O2/c1-2-11-8-5-3-4-6-9(8)12(7-13)10(11)14/h3-6,13H,2,7H2,1H3. The quantitative estimate of drug-likeness (QED) is 0.764. The molecule has 4 nitrogen and oxygen atoms in total. The second-order valence-electron chi connectivity index (χ2n) is 3.08. The van der Waals surface area contributed by atoms with Crippen LogP contribution >= 0.6 is 0 Å². The van der Waals surface area contributed by atoms with E-state index in [1.165, 1.54) is 4.57 Å². The molecule has 0 radical (unpaired) electrons. The van der Waals surface area contributed by atoms with Crippen LogP contribution in [0.3, 0.4) is 0 Å². The Morgan fingerprint density at radius 3 is 2.29 bits per heavy atom. The average Bonchev–Trinajstić information content (AvgIpc) is 2.49. The number of benzene rings is 1. The number of fused-ring (bicyclic) bond motifs is 1. The monoisotopic (exact) mass is 192 g/mol. The lowest BCUT2D eigenvalue weighted by Crippen LogP contribution is -2.23. The Kier molecular flexibility index (Phi) is 2.13. The highest BCUT2D eigenvalue weighted by Gasteiger charge is 2.09. The van der Waals surface area contributed by atoms with Gasteiger partial charge in [0.15, 0.2) is 0 Å². The van der Waals surface area contributed by atoms with Gasteiger partial charge in [0, 0.05) is 6.54 Å². The van der Waals surface area contributed by atoms with Gasteiger partial charge in [0.05, 0.1) is 11.0 Å². The summed E-state index contributed by atoms with van der Waals surface area (Å²) in [7, 11) is 0. The smallest absolute Gasteiger partial charge is 0.330 e. The lowest BCUT2D eigenvalue weighted by molar-refractivity contribution is 0.209. The average molecular weight is 192 g/mol. The van der Waals surface area contributed by atoms with Crippen LogP contribution in [0, 0.1) is 0 Å². The number of imidazole rings is 1. The van der Waals surface area contributed by atoms with Crippen molar-refractivity contribution >= 4 is 11.0 Å². The fourth-order valence-electron chi connectivity index (χ4n) is 1.71. The van der Waals surface area contributed by atoms with Crippen LogP contribution in [-0.2, 0) is 13.3 Å². The predicted octanol–water partition coefficient (Wildman–Crippen LogP) is 0.773. The van der Waals surface area contributed by atoms with Crippen LogP contribution in [0.1, 0.15) is 6.92 Å². The number of aliphatic hydroxyl groups excluding tert-OH is 1. The van der Waals surface area contributed by atoms with Gasteiger partial charge in [-0.3, -0.25) is 9.13 Å². The van der Waals surface area contributed by atoms with Gasteiger partial charge in [0.25, 0.3) is 0 Å². The second kappa shape index (κ2) is 3.31. The largest absolute Gasteiger partial charge is 0.376 e. The third-order valence-corrected chi connectivity index (χ3v) is 2.38. The Morgan fingerprint density at radius 2 is 1.79 bits per heavy atom. The molecule has 1 aromatic heterocycles. The number of aromatic nitrogens is 2. The van der Waals surface area contributed by atoms with Gasteiger partial charge in [0.1, 0.15) is 6.73 Å². The van der Waals surface area contributed by atoms with Crippen LogP contribution in [-0.4, -0.2) is 14.2 Å². The maximum atomic E-state index is 11.7. The van der Waals surface area contributed by atoms with Crippen molar-refractivity contribution in [1.82, 2.24) is 9.13 Å². The predicted molar refractivity (Wildman–Crippen MR) is 54.1 cm³/mol. The topological polar surface area (TPSA) is 47.2 Å². The fourth-order valence-corrected chi connectivity index (χ4v) is 1.71. The highest BCUT2D eigenvalue weighted by Crippen LogP contribution is 2.11. The zero-order valence-corrected chi connectivity index (χ0v) is 7.97. The minimum atomic E-state index is -0.271. The van der Waals surface area contributed by atoms with Crippen molar-refractivity contribution < 1.29 is 5.11 Å². The van der Waals surface area contributed by atoms with E-state index in [0.29, 0.717) is 6.54 Å². The summed E-state index contributed by atoms with van der Waals surface area (Å²) in [6, 6.07) is 7.45. The van der Waals surface area contributed by atoms with Gasteiger partial charge in [-0.25, -0.2) is 4.79 Å². The summed E-state index contributed by atoms with van der Waals surface area (Å²) >= 11 is 0. The minimum absolute atomic E-state index is 0.156. The number of nitrogens with zero attached hydrogens (tertiary/aromatic N) is 2. The Morgan fingerprint density at radius 1 is 1.21 bits per heavy atom. The van der Waals surface area contributed by atoms with Crippen molar-refractivity contribution in [3.05, 3.63) is 34.7 Å². The Hall–Kier alpha value is -1.55. The maximum Gasteiger partial charge on any atom is 0.330 e. The van der Waals surface area contributed by atoms with E-state index >= 15 is 0 Å². The molecule has 0 saturated heterocycles. The van der Waals surface area contributed by atoms with E-state index in [0.717, 1.165) is 11.0 Å². The second-order valence-corrected chi connectivity index (χ2v) is 3.08. The summed E-state index contributed by atoms with van der Waals surface area (Å²) in [4.78, 5) is 11.7. The van der Waals surface area contributed by atoms with Crippen LogP contribution < -0.4 is 5.69 Å². The summed E-state index contributed by atoms with van der Waals surface area (Å²) in [5, 5.41) is 9.07. The molecule has 0 aliphatic carbocycles. The molecule has 1 aromatic carbocycles. The van der Waals surface area contributed by atoms with E-state index in [4.69, 9.17) is 5.11 Å². The third kappa shape index (κ3) is 1.08. The molecule has 0 fully saturated rings. The summed E-state index contributed by atoms with van der Waals surface area (Å²) in [6.45, 7) is 2.26. The molecule has 1 heterocycles. The first-order valence-corrected chi connectivity index (χ1v) is 4.58. The van der Waals surface area contributed by atoms with Gasteiger partial charge in [-0.05, 0) is 19.1 Å². The molecule has 0 atom stereocenters. The van der Waals surface area contributed by atoms with Gasteiger partial charge >= 0.3 is 5.69 Å². The van der Waals surface area contributed by atoms with Crippen molar-refractivity contribution in [2.75, 3.05) is 0 Å². The van der Waals surface area contributed by atoms with Crippen LogP contribution in [0.25, 0.3) is 11.0 Å². The molecule has 1 N–H and O–H groups in total. The molecule has 0 aliphatic rings. The summed E-state index contributed by atoms with van der Waals surface area (Å²) in [6.07, 6.45) is 0. The zero-order valence-electron chi connectivity index (χ0n) is 7.97. The Bertz CT molecular complexity index is 466. The first-order chi connectivity index (χ1) is 6.79. The van der Waals surface area contributed by atoms with Crippen LogP contribution in [0.4, 0.5) is 0 Å². The molecule has 74 valence electrons. The number of rotatable bonds is 2. The first kappa shape index (κ1) is 9.02. The lowest BCUT2D eigenvalue weighted by atomic mass is 10.3. The molecule has 2 aromatic rings. The van der Waals surface area contributed by atoms with E-state index in [9.17, 15) is 4.79 Å². The minimum Gasteiger partial charge on any atom is -0.376 e. The molecule has 4 heteroatoms. The van der Waals surface area contributed by atoms with Gasteiger partial charge in [-0.1, -0.05) is 12.1 Å². The Labute approximate surface area is 81.0 Å². The number of aliphatic hydroxyl groups is 1. The molecule has 0 spiro atoms. The van der Waals surface area contributed by atoms with E-state index in [1.807, 2.05) is 31.2 Å². The Balaban J connectivity index is 2.92. The van der Waals surface area contributed by atoms with Crippen molar-refractivity contribution in [2.45, 2.75) is 20.2 Å². The first-order valence-electron chi connectivity index (χ1n) is 4.58. The highest BCUT2D eigenvalue weighted by atomic mass is 16.3. The van der Waals surface area contributed by atoms with E-state index in [-0.39, 0.29) is 12.4 Å². The number of para-hydroxylation sites is 2. The molecule has 0 unspecified atom stereocenters. The summed E-state index contributed by atoms with van der Waals surface area (Å²) in [5.41, 5.74) is 1.49.